The van der Waals surface area contributed by atoms with E-state index in [2.05, 4.69) is 19.2 Å². The average Bonchev–Trinajstić information content (AvgIpc) is 2.43. The highest BCUT2D eigenvalue weighted by molar-refractivity contribution is 5.37. The number of hydrogen-bond donors (Lipinski definition) is 3. The molecule has 0 aliphatic heterocycles. The molecule has 21 heavy (non-hydrogen) atoms. The Balaban J connectivity index is 1.95. The number of hydrogen-bond acceptors (Lipinski definition) is 3. The number of phenols is 1. The van der Waals surface area contributed by atoms with Gasteiger partial charge >= 0.3 is 0 Å². The molecule has 0 saturated heterocycles. The van der Waals surface area contributed by atoms with Gasteiger partial charge in [0, 0.05) is 18.2 Å². The summed E-state index contributed by atoms with van der Waals surface area (Å²) in [6, 6.07) is 5.67. The van der Waals surface area contributed by atoms with E-state index >= 15 is 0 Å². The van der Waals surface area contributed by atoms with Crippen LogP contribution in [0.1, 0.15) is 63.6 Å². The topological polar surface area (TPSA) is 52.5 Å². The summed E-state index contributed by atoms with van der Waals surface area (Å²) in [6.45, 7) is 9.18. The molecule has 1 atom stereocenters. The van der Waals surface area contributed by atoms with Gasteiger partial charge < -0.3 is 15.5 Å². The van der Waals surface area contributed by atoms with Crippen molar-refractivity contribution in [2.45, 2.75) is 65.0 Å². The first-order chi connectivity index (χ1) is 9.71. The molecule has 1 saturated carbocycles. The third-order valence-electron chi connectivity index (χ3n) is 4.92. The molecular formula is C18H29NO2. The lowest BCUT2D eigenvalue weighted by atomic mass is 9.71. The quantitative estimate of drug-likeness (QED) is 0.793. The van der Waals surface area contributed by atoms with Crippen LogP contribution < -0.4 is 5.32 Å². The molecule has 118 valence electrons. The highest BCUT2D eigenvalue weighted by atomic mass is 16.3. The maximum Gasteiger partial charge on any atom is 0.120 e. The number of aryl methyl sites for hydroxylation is 1. The van der Waals surface area contributed by atoms with Crippen LogP contribution in [0.2, 0.25) is 0 Å². The monoisotopic (exact) mass is 291 g/mol. The summed E-state index contributed by atoms with van der Waals surface area (Å²) in [4.78, 5) is 0. The standard InChI is InChI=1S/C18H29NO2/c1-13-5-6-16(20)15(11-13)14(2)19-12-18(21)9-7-17(3,4)8-10-18/h5-6,11,14,19-21H,7-10,12H2,1-4H3. The van der Waals surface area contributed by atoms with Gasteiger partial charge in [0.15, 0.2) is 0 Å². The zero-order valence-electron chi connectivity index (χ0n) is 13.7. The molecule has 1 aromatic rings. The van der Waals surface area contributed by atoms with Crippen LogP contribution in [-0.2, 0) is 0 Å². The largest absolute Gasteiger partial charge is 0.508 e. The summed E-state index contributed by atoms with van der Waals surface area (Å²) in [5, 5.41) is 24.1. The third kappa shape index (κ3) is 4.21. The van der Waals surface area contributed by atoms with Crippen molar-refractivity contribution in [3.63, 3.8) is 0 Å². The molecule has 3 N–H and O–H groups in total. The van der Waals surface area contributed by atoms with E-state index in [0.717, 1.165) is 36.8 Å². The summed E-state index contributed by atoms with van der Waals surface area (Å²) in [6.07, 6.45) is 3.82. The fourth-order valence-electron chi connectivity index (χ4n) is 3.04. The highest BCUT2D eigenvalue weighted by Crippen LogP contribution is 2.40. The summed E-state index contributed by atoms with van der Waals surface area (Å²) in [5.41, 5.74) is 1.78. The fraction of sp³-hybridized carbons (Fsp3) is 0.667. The molecule has 1 unspecified atom stereocenters. The minimum absolute atomic E-state index is 0.0314. The number of rotatable bonds is 4. The van der Waals surface area contributed by atoms with E-state index in [0.29, 0.717) is 17.7 Å². The van der Waals surface area contributed by atoms with Crippen molar-refractivity contribution in [3.8, 4) is 5.75 Å². The summed E-state index contributed by atoms with van der Waals surface area (Å²) in [7, 11) is 0. The van der Waals surface area contributed by atoms with Crippen LogP contribution in [-0.4, -0.2) is 22.4 Å². The van der Waals surface area contributed by atoms with Crippen molar-refractivity contribution >= 4 is 0 Å². The van der Waals surface area contributed by atoms with E-state index in [1.165, 1.54) is 0 Å². The van der Waals surface area contributed by atoms with Gasteiger partial charge in [-0.05, 0) is 51.0 Å². The maximum absolute atomic E-state index is 10.7. The van der Waals surface area contributed by atoms with Gasteiger partial charge in [0.25, 0.3) is 0 Å². The van der Waals surface area contributed by atoms with Crippen molar-refractivity contribution < 1.29 is 10.2 Å². The molecule has 3 nitrogen and oxygen atoms in total. The molecule has 2 rings (SSSR count). The first-order valence-electron chi connectivity index (χ1n) is 7.96. The van der Waals surface area contributed by atoms with Gasteiger partial charge in [-0.25, -0.2) is 0 Å². The summed E-state index contributed by atoms with van der Waals surface area (Å²) >= 11 is 0. The van der Waals surface area contributed by atoms with Gasteiger partial charge in [-0.3, -0.25) is 0 Å². The smallest absolute Gasteiger partial charge is 0.120 e. The Morgan fingerprint density at radius 1 is 1.19 bits per heavy atom. The lowest BCUT2D eigenvalue weighted by Crippen LogP contribution is -2.45. The molecule has 1 aliphatic rings. The fourth-order valence-corrected chi connectivity index (χ4v) is 3.04. The second kappa shape index (κ2) is 5.98. The Bertz CT molecular complexity index is 486. The molecule has 0 amide bonds. The van der Waals surface area contributed by atoms with Gasteiger partial charge in [-0.2, -0.15) is 0 Å². The Labute approximate surface area is 128 Å². The maximum atomic E-state index is 10.7. The average molecular weight is 291 g/mol. The molecule has 0 bridgehead atoms. The predicted octanol–water partition coefficient (Wildman–Crippen LogP) is 3.68. The van der Waals surface area contributed by atoms with E-state index in [-0.39, 0.29) is 6.04 Å². The number of aliphatic hydroxyl groups is 1. The minimum atomic E-state index is -0.608. The van der Waals surface area contributed by atoms with Gasteiger partial charge in [0.05, 0.1) is 5.60 Å². The third-order valence-corrected chi connectivity index (χ3v) is 4.92. The lowest BCUT2D eigenvalue weighted by Gasteiger charge is -2.40. The van der Waals surface area contributed by atoms with E-state index < -0.39 is 5.60 Å². The Hall–Kier alpha value is -1.06. The van der Waals surface area contributed by atoms with Crippen molar-refractivity contribution in [1.29, 1.82) is 0 Å². The van der Waals surface area contributed by atoms with Gasteiger partial charge in [-0.15, -0.1) is 0 Å². The van der Waals surface area contributed by atoms with Crippen molar-refractivity contribution in [1.82, 2.24) is 5.32 Å². The zero-order chi connectivity index (χ0) is 15.7. The van der Waals surface area contributed by atoms with E-state index in [1.54, 1.807) is 6.07 Å². The predicted molar refractivity (Wildman–Crippen MR) is 86.5 cm³/mol. The van der Waals surface area contributed by atoms with Crippen LogP contribution in [0.3, 0.4) is 0 Å². The number of phenolic OH excluding ortho intramolecular Hbond substituents is 1. The van der Waals surface area contributed by atoms with Crippen molar-refractivity contribution in [3.05, 3.63) is 29.3 Å². The van der Waals surface area contributed by atoms with Crippen LogP contribution in [0.15, 0.2) is 18.2 Å². The molecule has 3 heteroatoms. The second-order valence-corrected chi connectivity index (χ2v) is 7.55. The van der Waals surface area contributed by atoms with Crippen LogP contribution in [0.5, 0.6) is 5.75 Å². The molecule has 1 fully saturated rings. The molecule has 1 aromatic carbocycles. The lowest BCUT2D eigenvalue weighted by molar-refractivity contribution is -0.0258. The number of aromatic hydroxyl groups is 1. The molecular weight excluding hydrogens is 262 g/mol. The van der Waals surface area contributed by atoms with Crippen molar-refractivity contribution in [2.75, 3.05) is 6.54 Å². The van der Waals surface area contributed by atoms with Crippen molar-refractivity contribution in [2.24, 2.45) is 5.41 Å². The van der Waals surface area contributed by atoms with E-state index in [4.69, 9.17) is 0 Å². The van der Waals surface area contributed by atoms with Gasteiger partial charge in [0.1, 0.15) is 5.75 Å². The SMILES string of the molecule is Cc1ccc(O)c(C(C)NCC2(O)CCC(C)(C)CC2)c1. The molecule has 0 heterocycles. The first kappa shape index (κ1) is 16.3. The van der Waals surface area contributed by atoms with Crippen LogP contribution in [0.25, 0.3) is 0 Å². The van der Waals surface area contributed by atoms with E-state index in [9.17, 15) is 10.2 Å². The molecule has 0 aromatic heterocycles. The van der Waals surface area contributed by atoms with Gasteiger partial charge in [0.2, 0.25) is 0 Å². The number of nitrogens with one attached hydrogen (secondary N) is 1. The number of benzene rings is 1. The van der Waals surface area contributed by atoms with Crippen LogP contribution >= 0.6 is 0 Å². The molecule has 1 aliphatic carbocycles. The van der Waals surface area contributed by atoms with Crippen LogP contribution in [0, 0.1) is 12.3 Å². The molecule has 0 spiro atoms. The highest BCUT2D eigenvalue weighted by Gasteiger charge is 2.36. The Kier molecular flexibility index (Phi) is 4.64. The Morgan fingerprint density at radius 2 is 1.81 bits per heavy atom. The van der Waals surface area contributed by atoms with Gasteiger partial charge in [-0.1, -0.05) is 31.5 Å². The summed E-state index contributed by atoms with van der Waals surface area (Å²) < 4.78 is 0. The minimum Gasteiger partial charge on any atom is -0.508 e. The Morgan fingerprint density at radius 3 is 2.43 bits per heavy atom. The second-order valence-electron chi connectivity index (χ2n) is 7.55. The summed E-state index contributed by atoms with van der Waals surface area (Å²) in [5.74, 6) is 0.317. The van der Waals surface area contributed by atoms with E-state index in [1.807, 2.05) is 26.0 Å². The first-order valence-corrected chi connectivity index (χ1v) is 7.96. The zero-order valence-corrected chi connectivity index (χ0v) is 13.7. The van der Waals surface area contributed by atoms with Crippen LogP contribution in [0.4, 0.5) is 0 Å². The normalized spacial score (nSPS) is 22.0. The molecule has 0 radical (unpaired) electrons.